The van der Waals surface area contributed by atoms with E-state index in [0.29, 0.717) is 22.9 Å². The molecule has 3 aromatic rings. The number of halogens is 2. The molecule has 29 heavy (non-hydrogen) atoms. The molecular formula is C18H14BrFN6O3. The number of benzene rings is 2. The average molecular weight is 461 g/mol. The summed E-state index contributed by atoms with van der Waals surface area (Å²) >= 11 is 3.34. The number of nitrogens with zero attached hydrogens (tertiary/aromatic N) is 5. The van der Waals surface area contributed by atoms with Gasteiger partial charge in [0.2, 0.25) is 5.91 Å². The number of nitrogens with one attached hydrogen (secondary N) is 1. The third-order valence-corrected chi connectivity index (χ3v) is 4.75. The Labute approximate surface area is 172 Å². The van der Waals surface area contributed by atoms with Gasteiger partial charge >= 0.3 is 0 Å². The summed E-state index contributed by atoms with van der Waals surface area (Å²) in [5.74, 6) is -0.553. The second kappa shape index (κ2) is 7.59. The molecule has 0 bridgehead atoms. The molecule has 2 aromatic carbocycles. The van der Waals surface area contributed by atoms with Gasteiger partial charge in [0.1, 0.15) is 18.1 Å². The lowest BCUT2D eigenvalue weighted by molar-refractivity contribution is -0.123. The maximum Gasteiger partial charge on any atom is 0.265 e. The highest BCUT2D eigenvalue weighted by Gasteiger charge is 2.27. The number of amides is 2. The van der Waals surface area contributed by atoms with Gasteiger partial charge in [0.05, 0.1) is 17.1 Å². The molecule has 1 aromatic heterocycles. The second-order valence-electron chi connectivity index (χ2n) is 6.23. The van der Waals surface area contributed by atoms with Gasteiger partial charge in [-0.25, -0.2) is 4.39 Å². The summed E-state index contributed by atoms with van der Waals surface area (Å²) in [7, 11) is 0. The molecule has 1 aliphatic rings. The van der Waals surface area contributed by atoms with Crippen molar-refractivity contribution in [1.82, 2.24) is 20.2 Å². The minimum Gasteiger partial charge on any atom is -0.482 e. The van der Waals surface area contributed by atoms with Crippen molar-refractivity contribution in [2.75, 3.05) is 23.4 Å². The number of rotatable bonds is 4. The summed E-state index contributed by atoms with van der Waals surface area (Å²) in [6, 6.07) is 9.24. The maximum absolute atomic E-state index is 14.2. The number of aromatic nitrogens is 4. The van der Waals surface area contributed by atoms with Gasteiger partial charge in [-0.15, -0.1) is 5.10 Å². The topological polar surface area (TPSA) is 102 Å². The third-order valence-electron chi connectivity index (χ3n) is 4.26. The lowest BCUT2D eigenvalue weighted by Crippen LogP contribution is -2.43. The second-order valence-corrected chi connectivity index (χ2v) is 7.15. The summed E-state index contributed by atoms with van der Waals surface area (Å²) in [4.78, 5) is 26.1. The van der Waals surface area contributed by atoms with E-state index in [9.17, 15) is 14.0 Å². The first-order valence-corrected chi connectivity index (χ1v) is 9.29. The Morgan fingerprint density at radius 1 is 1.31 bits per heavy atom. The van der Waals surface area contributed by atoms with Gasteiger partial charge in [0, 0.05) is 4.47 Å². The number of ether oxygens (including phenoxy) is 1. The molecule has 1 N–H and O–H groups in total. The number of tetrazole rings is 1. The van der Waals surface area contributed by atoms with Gasteiger partial charge in [-0.1, -0.05) is 15.9 Å². The first kappa shape index (κ1) is 19.0. The van der Waals surface area contributed by atoms with Crippen molar-refractivity contribution in [2.45, 2.75) is 6.92 Å². The van der Waals surface area contributed by atoms with E-state index in [0.717, 1.165) is 4.47 Å². The zero-order valence-corrected chi connectivity index (χ0v) is 16.7. The van der Waals surface area contributed by atoms with Crippen molar-refractivity contribution in [3.8, 4) is 11.4 Å². The Bertz CT molecular complexity index is 1120. The van der Waals surface area contributed by atoms with Crippen LogP contribution in [-0.4, -0.2) is 45.2 Å². The van der Waals surface area contributed by atoms with Gasteiger partial charge in [-0.2, -0.15) is 4.68 Å². The van der Waals surface area contributed by atoms with Crippen molar-refractivity contribution >= 4 is 39.1 Å². The van der Waals surface area contributed by atoms with Crippen molar-refractivity contribution in [3.05, 3.63) is 52.5 Å². The molecular weight excluding hydrogens is 447 g/mol. The molecule has 1 aliphatic heterocycles. The number of hydrogen-bond acceptors (Lipinski definition) is 6. The zero-order chi connectivity index (χ0) is 20.5. The lowest BCUT2D eigenvalue weighted by atomic mass is 10.2. The lowest BCUT2D eigenvalue weighted by Gasteiger charge is -2.29. The molecule has 0 saturated carbocycles. The molecule has 2 heterocycles. The number of carbonyl (C=O) groups is 2. The molecule has 2 amide bonds. The van der Waals surface area contributed by atoms with Gasteiger partial charge in [-0.3, -0.25) is 14.5 Å². The van der Waals surface area contributed by atoms with Crippen LogP contribution in [0.4, 0.5) is 15.8 Å². The summed E-state index contributed by atoms with van der Waals surface area (Å²) in [5.41, 5.74) is 0.916. The monoisotopic (exact) mass is 460 g/mol. The van der Waals surface area contributed by atoms with Crippen molar-refractivity contribution < 1.29 is 18.7 Å². The van der Waals surface area contributed by atoms with Crippen molar-refractivity contribution in [2.24, 2.45) is 0 Å². The Morgan fingerprint density at radius 2 is 2.14 bits per heavy atom. The van der Waals surface area contributed by atoms with Gasteiger partial charge in [0.15, 0.2) is 12.4 Å². The van der Waals surface area contributed by atoms with E-state index in [1.54, 1.807) is 25.1 Å². The van der Waals surface area contributed by atoms with Gasteiger partial charge < -0.3 is 10.1 Å². The first-order valence-electron chi connectivity index (χ1n) is 8.50. The van der Waals surface area contributed by atoms with Crippen LogP contribution in [0.15, 0.2) is 40.9 Å². The summed E-state index contributed by atoms with van der Waals surface area (Å²) in [6.07, 6.45) is 0. The van der Waals surface area contributed by atoms with E-state index >= 15 is 0 Å². The average Bonchev–Trinajstić information content (AvgIpc) is 3.12. The molecule has 148 valence electrons. The van der Waals surface area contributed by atoms with Gasteiger partial charge in [-0.05, 0) is 53.7 Å². The van der Waals surface area contributed by atoms with E-state index in [2.05, 4.69) is 36.8 Å². The molecule has 0 atom stereocenters. The summed E-state index contributed by atoms with van der Waals surface area (Å²) in [5, 5.41) is 13.7. The first-order chi connectivity index (χ1) is 13.9. The number of fused-ring (bicyclic) bond motifs is 1. The molecule has 0 aliphatic carbocycles. The van der Waals surface area contributed by atoms with Crippen LogP contribution in [0.1, 0.15) is 5.82 Å². The Hall–Kier alpha value is -3.34. The molecule has 0 spiro atoms. The number of anilines is 2. The van der Waals surface area contributed by atoms with Gasteiger partial charge in [0.25, 0.3) is 5.91 Å². The quantitative estimate of drug-likeness (QED) is 0.640. The van der Waals surface area contributed by atoms with Crippen molar-refractivity contribution in [3.63, 3.8) is 0 Å². The van der Waals surface area contributed by atoms with Crippen LogP contribution < -0.4 is 15.0 Å². The summed E-state index contributed by atoms with van der Waals surface area (Å²) < 4.78 is 21.8. The summed E-state index contributed by atoms with van der Waals surface area (Å²) in [6.45, 7) is 1.23. The Balaban J connectivity index is 1.55. The fraction of sp³-hybridized carbons (Fsp3) is 0.167. The van der Waals surface area contributed by atoms with E-state index in [4.69, 9.17) is 4.74 Å². The van der Waals surface area contributed by atoms with E-state index in [1.165, 1.54) is 27.8 Å². The molecule has 0 saturated heterocycles. The highest BCUT2D eigenvalue weighted by molar-refractivity contribution is 9.10. The van der Waals surface area contributed by atoms with Crippen LogP contribution in [0, 0.1) is 12.7 Å². The fourth-order valence-corrected chi connectivity index (χ4v) is 3.24. The van der Waals surface area contributed by atoms with E-state index in [-0.39, 0.29) is 24.7 Å². The highest BCUT2D eigenvalue weighted by atomic mass is 79.9. The number of hydrogen-bond donors (Lipinski definition) is 1. The maximum atomic E-state index is 14.2. The Kier molecular flexibility index (Phi) is 4.97. The Morgan fingerprint density at radius 3 is 2.90 bits per heavy atom. The minimum atomic E-state index is -0.620. The zero-order valence-electron chi connectivity index (χ0n) is 15.1. The number of carbonyl (C=O) groups excluding carboxylic acids is 2. The van der Waals surface area contributed by atoms with Crippen LogP contribution in [0.3, 0.4) is 0 Å². The van der Waals surface area contributed by atoms with Crippen LogP contribution >= 0.6 is 15.9 Å². The van der Waals surface area contributed by atoms with Crippen molar-refractivity contribution in [1.29, 1.82) is 0 Å². The fourth-order valence-electron chi connectivity index (χ4n) is 2.90. The SMILES string of the molecule is Cc1nnnn1-c1ccc(F)c(NC(=O)CN2C(=O)COc3cc(Br)ccc32)c1. The number of aryl methyl sites for hydroxylation is 1. The molecule has 0 radical (unpaired) electrons. The predicted octanol–water partition coefficient (Wildman–Crippen LogP) is 2.24. The molecule has 0 unspecified atom stereocenters. The van der Waals surface area contributed by atoms with Crippen LogP contribution in [0.2, 0.25) is 0 Å². The molecule has 11 heteroatoms. The van der Waals surface area contributed by atoms with Crippen LogP contribution in [-0.2, 0) is 9.59 Å². The molecule has 0 fully saturated rings. The minimum absolute atomic E-state index is 0.0425. The normalized spacial score (nSPS) is 13.1. The van der Waals surface area contributed by atoms with E-state index in [1.807, 2.05) is 0 Å². The third kappa shape index (κ3) is 3.81. The smallest absolute Gasteiger partial charge is 0.265 e. The predicted molar refractivity (Wildman–Crippen MR) is 104 cm³/mol. The highest BCUT2D eigenvalue weighted by Crippen LogP contribution is 2.34. The molecule has 9 nitrogen and oxygen atoms in total. The largest absolute Gasteiger partial charge is 0.482 e. The van der Waals surface area contributed by atoms with Crippen LogP contribution in [0.25, 0.3) is 5.69 Å². The molecule has 4 rings (SSSR count). The van der Waals surface area contributed by atoms with E-state index < -0.39 is 11.7 Å². The standard InChI is InChI=1S/C18H14BrFN6O3/c1-10-22-23-24-26(10)12-3-4-13(20)14(7-12)21-17(27)8-25-15-5-2-11(19)6-16(15)29-9-18(25)28/h2-7H,8-9H2,1H3,(H,21,27). The van der Waals surface area contributed by atoms with Crippen LogP contribution in [0.5, 0.6) is 5.75 Å².